The monoisotopic (exact) mass is 150 g/mol. The summed E-state index contributed by atoms with van der Waals surface area (Å²) < 4.78 is 0. The normalized spacial score (nSPS) is 37.2. The van der Waals surface area contributed by atoms with Crippen LogP contribution in [0.4, 0.5) is 0 Å². The summed E-state index contributed by atoms with van der Waals surface area (Å²) in [5.74, 6) is 0.907. The van der Waals surface area contributed by atoms with Crippen LogP contribution >= 0.6 is 0 Å². The standard InChI is InChI=1S/C11H18/c1-4-5-6-7-8-11(3)9-10(11)2/h4-5,7-8,10H,6,9H2,1-3H3. The second-order valence-electron chi connectivity index (χ2n) is 3.82. The van der Waals surface area contributed by atoms with E-state index in [2.05, 4.69) is 45.1 Å². The molecule has 0 N–H and O–H groups in total. The molecule has 1 fully saturated rings. The summed E-state index contributed by atoms with van der Waals surface area (Å²) in [5, 5.41) is 0. The van der Waals surface area contributed by atoms with Crippen molar-refractivity contribution in [2.24, 2.45) is 11.3 Å². The number of hydrogen-bond donors (Lipinski definition) is 0. The van der Waals surface area contributed by atoms with Gasteiger partial charge >= 0.3 is 0 Å². The quantitative estimate of drug-likeness (QED) is 0.540. The first-order chi connectivity index (χ1) is 5.19. The molecule has 11 heavy (non-hydrogen) atoms. The summed E-state index contributed by atoms with van der Waals surface area (Å²) in [4.78, 5) is 0. The maximum absolute atomic E-state index is 2.37. The Morgan fingerprint density at radius 2 is 2.09 bits per heavy atom. The molecule has 0 aromatic heterocycles. The van der Waals surface area contributed by atoms with E-state index < -0.39 is 0 Å². The third kappa shape index (κ3) is 2.21. The van der Waals surface area contributed by atoms with Gasteiger partial charge < -0.3 is 0 Å². The summed E-state index contributed by atoms with van der Waals surface area (Å²) in [7, 11) is 0. The Kier molecular flexibility index (Phi) is 2.53. The van der Waals surface area contributed by atoms with Gasteiger partial charge in [-0.3, -0.25) is 0 Å². The lowest BCUT2D eigenvalue weighted by Gasteiger charge is -1.98. The fourth-order valence-corrected chi connectivity index (χ4v) is 1.39. The second-order valence-corrected chi connectivity index (χ2v) is 3.82. The lowest BCUT2D eigenvalue weighted by atomic mass is 10.1. The molecule has 0 amide bonds. The highest BCUT2D eigenvalue weighted by molar-refractivity contribution is 5.11. The molecule has 1 aliphatic rings. The minimum absolute atomic E-state index is 0.543. The van der Waals surface area contributed by atoms with Crippen LogP contribution in [0.2, 0.25) is 0 Å². The van der Waals surface area contributed by atoms with E-state index in [1.54, 1.807) is 0 Å². The van der Waals surface area contributed by atoms with Gasteiger partial charge in [0.05, 0.1) is 0 Å². The molecule has 0 bridgehead atoms. The zero-order chi connectivity index (χ0) is 8.32. The highest BCUT2D eigenvalue weighted by Crippen LogP contribution is 2.52. The molecule has 0 saturated heterocycles. The predicted octanol–water partition coefficient (Wildman–Crippen LogP) is 3.55. The summed E-state index contributed by atoms with van der Waals surface area (Å²) in [5.41, 5.74) is 0.543. The van der Waals surface area contributed by atoms with Crippen molar-refractivity contribution >= 4 is 0 Å². The van der Waals surface area contributed by atoms with E-state index in [4.69, 9.17) is 0 Å². The van der Waals surface area contributed by atoms with Crippen LogP contribution in [-0.4, -0.2) is 0 Å². The molecule has 0 heterocycles. The van der Waals surface area contributed by atoms with E-state index in [-0.39, 0.29) is 0 Å². The fourth-order valence-electron chi connectivity index (χ4n) is 1.39. The van der Waals surface area contributed by atoms with Crippen molar-refractivity contribution in [1.82, 2.24) is 0 Å². The van der Waals surface area contributed by atoms with E-state index in [1.165, 1.54) is 6.42 Å². The Bertz CT molecular complexity index is 176. The molecule has 0 aromatic carbocycles. The van der Waals surface area contributed by atoms with Gasteiger partial charge in [-0.15, -0.1) is 0 Å². The second kappa shape index (κ2) is 3.25. The lowest BCUT2D eigenvalue weighted by Crippen LogP contribution is -1.88. The summed E-state index contributed by atoms with van der Waals surface area (Å²) in [6.07, 6.45) is 11.4. The van der Waals surface area contributed by atoms with Crippen LogP contribution in [0.25, 0.3) is 0 Å². The van der Waals surface area contributed by atoms with Gasteiger partial charge in [-0.1, -0.05) is 38.2 Å². The molecule has 0 aromatic rings. The Balaban J connectivity index is 2.25. The topological polar surface area (TPSA) is 0 Å². The molecular weight excluding hydrogens is 132 g/mol. The van der Waals surface area contributed by atoms with Crippen molar-refractivity contribution < 1.29 is 0 Å². The Labute approximate surface area is 70.0 Å². The Hall–Kier alpha value is -0.520. The van der Waals surface area contributed by atoms with E-state index in [9.17, 15) is 0 Å². The Morgan fingerprint density at radius 1 is 1.45 bits per heavy atom. The van der Waals surface area contributed by atoms with Gasteiger partial charge in [-0.25, -0.2) is 0 Å². The fraction of sp³-hybridized carbons (Fsp3) is 0.636. The van der Waals surface area contributed by atoms with Crippen LogP contribution < -0.4 is 0 Å². The SMILES string of the molecule is CC=CCC=CC1(C)CC1C. The van der Waals surface area contributed by atoms with Crippen LogP contribution in [0, 0.1) is 11.3 Å². The van der Waals surface area contributed by atoms with Gasteiger partial charge in [0, 0.05) is 0 Å². The lowest BCUT2D eigenvalue weighted by molar-refractivity contribution is 0.662. The van der Waals surface area contributed by atoms with Gasteiger partial charge in [0.15, 0.2) is 0 Å². The zero-order valence-electron chi connectivity index (χ0n) is 7.80. The summed E-state index contributed by atoms with van der Waals surface area (Å²) in [6, 6.07) is 0. The van der Waals surface area contributed by atoms with Crippen LogP contribution in [0.3, 0.4) is 0 Å². The molecule has 1 aliphatic carbocycles. The van der Waals surface area contributed by atoms with E-state index in [0.717, 1.165) is 12.3 Å². The van der Waals surface area contributed by atoms with E-state index >= 15 is 0 Å². The van der Waals surface area contributed by atoms with Crippen molar-refractivity contribution in [3.63, 3.8) is 0 Å². The Morgan fingerprint density at radius 3 is 2.55 bits per heavy atom. The number of rotatable bonds is 3. The van der Waals surface area contributed by atoms with Crippen molar-refractivity contribution in [3.8, 4) is 0 Å². The first kappa shape index (κ1) is 8.58. The van der Waals surface area contributed by atoms with Crippen molar-refractivity contribution in [2.75, 3.05) is 0 Å². The summed E-state index contributed by atoms with van der Waals surface area (Å²) in [6.45, 7) is 6.72. The predicted molar refractivity (Wildman–Crippen MR) is 50.5 cm³/mol. The van der Waals surface area contributed by atoms with Crippen LogP contribution in [0.5, 0.6) is 0 Å². The van der Waals surface area contributed by atoms with Gasteiger partial charge in [0.2, 0.25) is 0 Å². The molecule has 0 radical (unpaired) electrons. The van der Waals surface area contributed by atoms with E-state index in [0.29, 0.717) is 5.41 Å². The van der Waals surface area contributed by atoms with Gasteiger partial charge in [-0.2, -0.15) is 0 Å². The largest absolute Gasteiger partial charge is 0.0914 e. The number of hydrogen-bond acceptors (Lipinski definition) is 0. The third-order valence-corrected chi connectivity index (χ3v) is 2.72. The van der Waals surface area contributed by atoms with Crippen molar-refractivity contribution in [1.29, 1.82) is 0 Å². The molecule has 0 heteroatoms. The molecule has 2 atom stereocenters. The van der Waals surface area contributed by atoms with Crippen LogP contribution in [-0.2, 0) is 0 Å². The van der Waals surface area contributed by atoms with Gasteiger partial charge in [-0.05, 0) is 31.1 Å². The first-order valence-electron chi connectivity index (χ1n) is 4.48. The molecule has 0 spiro atoms. The molecule has 1 rings (SSSR count). The molecule has 62 valence electrons. The molecular formula is C11H18. The minimum atomic E-state index is 0.543. The average Bonchev–Trinajstić information content (AvgIpc) is 2.54. The number of allylic oxidation sites excluding steroid dienone is 4. The average molecular weight is 150 g/mol. The zero-order valence-corrected chi connectivity index (χ0v) is 7.80. The van der Waals surface area contributed by atoms with Crippen LogP contribution in [0.15, 0.2) is 24.3 Å². The van der Waals surface area contributed by atoms with Crippen LogP contribution in [0.1, 0.15) is 33.6 Å². The smallest absolute Gasteiger partial charge is 0.0118 e. The first-order valence-corrected chi connectivity index (χ1v) is 4.48. The van der Waals surface area contributed by atoms with Gasteiger partial charge in [0.25, 0.3) is 0 Å². The maximum atomic E-state index is 2.37. The molecule has 2 unspecified atom stereocenters. The molecule has 0 aliphatic heterocycles. The van der Waals surface area contributed by atoms with E-state index in [1.807, 2.05) is 0 Å². The highest BCUT2D eigenvalue weighted by Gasteiger charge is 2.43. The molecule has 1 saturated carbocycles. The highest BCUT2D eigenvalue weighted by atomic mass is 14.5. The minimum Gasteiger partial charge on any atom is -0.0914 e. The van der Waals surface area contributed by atoms with Crippen molar-refractivity contribution in [3.05, 3.63) is 24.3 Å². The molecule has 0 nitrogen and oxygen atoms in total. The van der Waals surface area contributed by atoms with Crippen molar-refractivity contribution in [2.45, 2.75) is 33.6 Å². The van der Waals surface area contributed by atoms with Gasteiger partial charge in [0.1, 0.15) is 0 Å². The maximum Gasteiger partial charge on any atom is -0.0118 e. The third-order valence-electron chi connectivity index (χ3n) is 2.72. The summed E-state index contributed by atoms with van der Waals surface area (Å²) >= 11 is 0.